The molecule has 7 atom stereocenters. The van der Waals surface area contributed by atoms with Gasteiger partial charge in [0, 0.05) is 12.5 Å². The van der Waals surface area contributed by atoms with E-state index in [0.717, 1.165) is 43.3 Å². The van der Waals surface area contributed by atoms with E-state index in [2.05, 4.69) is 60.6 Å². The molecule has 0 bridgehead atoms. The molecule has 3 aliphatic carbocycles. The van der Waals surface area contributed by atoms with Crippen LogP contribution >= 0.6 is 0 Å². The van der Waals surface area contributed by atoms with Crippen molar-refractivity contribution in [3.05, 3.63) is 42.0 Å². The van der Waals surface area contributed by atoms with Crippen molar-refractivity contribution in [1.29, 1.82) is 0 Å². The molecule has 0 radical (unpaired) electrons. The van der Waals surface area contributed by atoms with Crippen LogP contribution in [0.25, 0.3) is 0 Å². The number of amides is 1. The van der Waals surface area contributed by atoms with E-state index in [1.54, 1.807) is 5.57 Å². The molecule has 1 amide bonds. The number of carbonyl (C=O) groups excluding carboxylic acids is 1. The smallest absolute Gasteiger partial charge is 0.220 e. The summed E-state index contributed by atoms with van der Waals surface area (Å²) >= 11 is 0. The van der Waals surface area contributed by atoms with Crippen molar-refractivity contribution in [2.45, 2.75) is 70.9 Å². The number of rotatable bonds is 1. The lowest BCUT2D eigenvalue weighted by molar-refractivity contribution is -0.134. The number of carbonyl (C=O) groups is 1. The van der Waals surface area contributed by atoms with Gasteiger partial charge in [-0.2, -0.15) is 0 Å². The van der Waals surface area contributed by atoms with Crippen molar-refractivity contribution in [1.82, 2.24) is 5.32 Å². The van der Waals surface area contributed by atoms with E-state index in [4.69, 9.17) is 4.84 Å². The number of fused-ring (bicyclic) bond motifs is 7. The van der Waals surface area contributed by atoms with Crippen molar-refractivity contribution < 1.29 is 9.63 Å². The average Bonchev–Trinajstić information content (AvgIpc) is 3.07. The summed E-state index contributed by atoms with van der Waals surface area (Å²) in [6, 6.07) is 10.9. The number of hydrogen-bond acceptors (Lipinski definition) is 3. The molecule has 1 saturated heterocycles. The maximum Gasteiger partial charge on any atom is 0.220 e. The van der Waals surface area contributed by atoms with Gasteiger partial charge in [0.2, 0.25) is 5.91 Å². The number of anilines is 1. The van der Waals surface area contributed by atoms with Crippen LogP contribution in [0.15, 0.2) is 42.0 Å². The molecule has 2 heterocycles. The van der Waals surface area contributed by atoms with Gasteiger partial charge in [-0.1, -0.05) is 38.1 Å². The van der Waals surface area contributed by atoms with Gasteiger partial charge in [-0.05, 0) is 84.8 Å². The lowest BCUT2D eigenvalue weighted by Crippen LogP contribution is -2.60. The molecule has 3 saturated carbocycles. The van der Waals surface area contributed by atoms with E-state index in [-0.39, 0.29) is 22.8 Å². The third kappa shape index (κ3) is 2.58. The van der Waals surface area contributed by atoms with Gasteiger partial charge in [-0.3, -0.25) is 9.63 Å². The maximum atomic E-state index is 12.0. The first kappa shape index (κ1) is 18.9. The van der Waals surface area contributed by atoms with Gasteiger partial charge in [-0.15, -0.1) is 0 Å². The Morgan fingerprint density at radius 3 is 2.73 bits per heavy atom. The lowest BCUT2D eigenvalue weighted by atomic mass is 9.47. The Morgan fingerprint density at radius 1 is 1.07 bits per heavy atom. The minimum absolute atomic E-state index is 0.226. The number of nitrogens with one attached hydrogen (secondary N) is 1. The largest absolute Gasteiger partial charge is 0.353 e. The summed E-state index contributed by atoms with van der Waals surface area (Å²) in [5, 5.41) is 5.44. The molecule has 30 heavy (non-hydrogen) atoms. The molecule has 4 fully saturated rings. The summed E-state index contributed by atoms with van der Waals surface area (Å²) in [6.07, 6.45) is 10.6. The van der Waals surface area contributed by atoms with E-state index in [1.807, 2.05) is 0 Å². The first-order valence-electron chi connectivity index (χ1n) is 12.0. The minimum Gasteiger partial charge on any atom is -0.353 e. The first-order chi connectivity index (χ1) is 14.5. The highest BCUT2D eigenvalue weighted by Gasteiger charge is 2.61. The third-order valence-electron chi connectivity index (χ3n) is 9.73. The number of hydroxylamine groups is 1. The number of nitrogens with zero attached hydrogens (tertiary/aromatic N) is 1. The Morgan fingerprint density at radius 2 is 1.90 bits per heavy atom. The van der Waals surface area contributed by atoms with Crippen molar-refractivity contribution in [3.8, 4) is 0 Å². The highest BCUT2D eigenvalue weighted by atomic mass is 16.7. The Balaban J connectivity index is 1.27. The Kier molecular flexibility index (Phi) is 4.16. The molecular formula is C26H34N2O2. The fourth-order valence-corrected chi connectivity index (χ4v) is 8.14. The summed E-state index contributed by atoms with van der Waals surface area (Å²) in [4.78, 5) is 18.6. The molecule has 1 aromatic carbocycles. The summed E-state index contributed by atoms with van der Waals surface area (Å²) in [5.74, 6) is 2.47. The molecule has 5 aliphatic rings. The first-order valence-corrected chi connectivity index (χ1v) is 12.0. The second-order valence-electron chi connectivity index (χ2n) is 10.9. The molecule has 2 aliphatic heterocycles. The van der Waals surface area contributed by atoms with E-state index in [9.17, 15) is 4.79 Å². The summed E-state index contributed by atoms with van der Waals surface area (Å²) in [6.45, 7) is 5.85. The second kappa shape index (κ2) is 6.59. The molecule has 160 valence electrons. The van der Waals surface area contributed by atoms with Crippen LogP contribution in [-0.4, -0.2) is 24.6 Å². The number of piperidine rings is 1. The lowest BCUT2D eigenvalue weighted by Gasteiger charge is -2.59. The zero-order valence-electron chi connectivity index (χ0n) is 18.3. The van der Waals surface area contributed by atoms with Gasteiger partial charge in [0.05, 0.1) is 12.2 Å². The van der Waals surface area contributed by atoms with Gasteiger partial charge in [-0.25, -0.2) is 5.06 Å². The van der Waals surface area contributed by atoms with Crippen molar-refractivity contribution in [2.75, 3.05) is 11.6 Å². The SMILES string of the molecule is C[C@]12CCC(=O)NC1CC[C@@H]1[C@@H]2CC[C@]2(C)C3=CCN(c4ccccc4)O[C@@H]3C[C@@H]12. The van der Waals surface area contributed by atoms with Crippen LogP contribution in [0.3, 0.4) is 0 Å². The predicted molar refractivity (Wildman–Crippen MR) is 118 cm³/mol. The van der Waals surface area contributed by atoms with Gasteiger partial charge in [0.25, 0.3) is 0 Å². The van der Waals surface area contributed by atoms with Gasteiger partial charge < -0.3 is 5.32 Å². The normalized spacial score (nSPS) is 44.9. The van der Waals surface area contributed by atoms with Gasteiger partial charge >= 0.3 is 0 Å². The molecule has 1 aromatic rings. The highest BCUT2D eigenvalue weighted by molar-refractivity contribution is 5.77. The van der Waals surface area contributed by atoms with Gasteiger partial charge in [0.15, 0.2) is 0 Å². The zero-order valence-corrected chi connectivity index (χ0v) is 18.3. The number of hydrogen-bond donors (Lipinski definition) is 1. The van der Waals surface area contributed by atoms with Crippen LogP contribution in [0.1, 0.15) is 58.8 Å². The van der Waals surface area contributed by atoms with Crippen LogP contribution in [0, 0.1) is 28.6 Å². The van der Waals surface area contributed by atoms with Crippen LogP contribution in [0.5, 0.6) is 0 Å². The fraction of sp³-hybridized carbons (Fsp3) is 0.654. The molecule has 4 nitrogen and oxygen atoms in total. The Hall–Kier alpha value is -1.81. The van der Waals surface area contributed by atoms with Crippen LogP contribution in [-0.2, 0) is 9.63 Å². The number of para-hydroxylation sites is 1. The van der Waals surface area contributed by atoms with Crippen LogP contribution in [0.2, 0.25) is 0 Å². The molecule has 0 spiro atoms. The predicted octanol–water partition coefficient (Wildman–Crippen LogP) is 4.86. The molecule has 4 heteroatoms. The Bertz CT molecular complexity index is 882. The van der Waals surface area contributed by atoms with E-state index in [0.29, 0.717) is 18.4 Å². The van der Waals surface area contributed by atoms with Crippen molar-refractivity contribution >= 4 is 11.6 Å². The summed E-state index contributed by atoms with van der Waals surface area (Å²) in [5.41, 5.74) is 3.28. The highest BCUT2D eigenvalue weighted by Crippen LogP contribution is 2.66. The topological polar surface area (TPSA) is 41.6 Å². The third-order valence-corrected chi connectivity index (χ3v) is 9.73. The molecule has 0 aromatic heterocycles. The van der Waals surface area contributed by atoms with E-state index in [1.165, 1.54) is 19.3 Å². The van der Waals surface area contributed by atoms with Crippen LogP contribution < -0.4 is 10.4 Å². The van der Waals surface area contributed by atoms with E-state index >= 15 is 0 Å². The van der Waals surface area contributed by atoms with Crippen molar-refractivity contribution in [2.24, 2.45) is 28.6 Å². The molecule has 1 unspecified atom stereocenters. The molecule has 1 N–H and O–H groups in total. The maximum absolute atomic E-state index is 12.0. The quantitative estimate of drug-likeness (QED) is 0.677. The monoisotopic (exact) mass is 406 g/mol. The summed E-state index contributed by atoms with van der Waals surface area (Å²) in [7, 11) is 0. The van der Waals surface area contributed by atoms with Crippen molar-refractivity contribution in [3.63, 3.8) is 0 Å². The zero-order chi connectivity index (χ0) is 20.5. The van der Waals surface area contributed by atoms with Gasteiger partial charge in [0.1, 0.15) is 6.10 Å². The number of benzene rings is 1. The fourth-order valence-electron chi connectivity index (χ4n) is 8.14. The second-order valence-corrected chi connectivity index (χ2v) is 10.9. The average molecular weight is 407 g/mol. The van der Waals surface area contributed by atoms with E-state index < -0.39 is 0 Å². The summed E-state index contributed by atoms with van der Waals surface area (Å²) < 4.78 is 0. The standard InChI is InChI=1S/C26H34N2O2/c1-25-13-10-19-18(8-9-23-26(19,2)14-11-24(29)27-23)21(25)16-22-20(25)12-15-28(30-22)17-6-4-3-5-7-17/h3-7,12,18-19,21-23H,8-11,13-16H2,1-2H3,(H,27,29)/t18-,19+,21+,22-,23?,25-,26-/m1/s1. The van der Waals surface area contributed by atoms with Crippen LogP contribution in [0.4, 0.5) is 5.69 Å². The Labute approximate surface area is 180 Å². The molecular weight excluding hydrogens is 372 g/mol. The minimum atomic E-state index is 0.226. The molecule has 6 rings (SSSR count).